The Hall–Kier alpha value is -2.99. The van der Waals surface area contributed by atoms with E-state index < -0.39 is 18.0 Å². The minimum Gasteiger partial charge on any atom is -0.478 e. The standard InChI is InChI=1S/C32H46O6/c1-20(16-22(3)12-14-28-24(5)13-15-30(35)38-28)10-9-11-21(2)17-25(6)31(36)27(8)32(37)26(7)18-23(4)19-29(33)34/h9,11-17,19-20,24-28,32,37H,10,18H2,1-8H3,(H,33,34)/b11-9+,14-12+,21-17+,22-16+,23-19+/t20-,24+,25-,26+,27-,28+,32-/m1/s1. The number of carbonyl (C=O) groups excluding carboxylic acids is 2. The highest BCUT2D eigenvalue weighted by molar-refractivity contribution is 5.85. The largest absolute Gasteiger partial charge is 0.478 e. The van der Waals surface area contributed by atoms with Crippen LogP contribution in [0.4, 0.5) is 0 Å². The lowest BCUT2D eigenvalue weighted by Gasteiger charge is -2.25. The number of aliphatic hydroxyl groups excluding tert-OH is 1. The molecular weight excluding hydrogens is 480 g/mol. The molecule has 7 atom stereocenters. The summed E-state index contributed by atoms with van der Waals surface area (Å²) in [5.41, 5.74) is 2.75. The van der Waals surface area contributed by atoms with Crippen molar-refractivity contribution in [3.05, 3.63) is 71.4 Å². The van der Waals surface area contributed by atoms with E-state index in [1.807, 2.05) is 65.0 Å². The van der Waals surface area contributed by atoms with Crippen LogP contribution in [0.5, 0.6) is 0 Å². The average Bonchev–Trinajstić information content (AvgIpc) is 2.82. The van der Waals surface area contributed by atoms with Gasteiger partial charge in [-0.15, -0.1) is 0 Å². The molecule has 2 N–H and O–H groups in total. The number of carboxylic acid groups (broad SMARTS) is 1. The highest BCUT2D eigenvalue weighted by Crippen LogP contribution is 2.24. The highest BCUT2D eigenvalue weighted by Gasteiger charge is 2.29. The minimum absolute atomic E-state index is 0.0378. The van der Waals surface area contributed by atoms with Gasteiger partial charge in [0.15, 0.2) is 0 Å². The molecule has 0 amide bonds. The van der Waals surface area contributed by atoms with Gasteiger partial charge in [-0.3, -0.25) is 4.79 Å². The predicted molar refractivity (Wildman–Crippen MR) is 152 cm³/mol. The third kappa shape index (κ3) is 12.0. The number of carboxylic acids is 1. The SMILES string of the molecule is CC(/C=C/C[C@@H](C)/C=C(C)/C=C/[C@@H]1OC(=O)C=C[C@@H]1C)=C\[C@@H](C)C(=O)[C@@H](C)[C@H](O)[C@@H](C)C/C(C)=C/C(=O)O. The zero-order valence-electron chi connectivity index (χ0n) is 24.2. The first-order valence-electron chi connectivity index (χ1n) is 13.4. The van der Waals surface area contributed by atoms with E-state index >= 15 is 0 Å². The van der Waals surface area contributed by atoms with Gasteiger partial charge in [0.1, 0.15) is 11.9 Å². The molecule has 0 unspecified atom stereocenters. The Labute approximate surface area is 228 Å². The molecule has 6 heteroatoms. The molecule has 38 heavy (non-hydrogen) atoms. The van der Waals surface area contributed by atoms with Gasteiger partial charge in [0.05, 0.1) is 6.10 Å². The van der Waals surface area contributed by atoms with Crippen molar-refractivity contribution < 1.29 is 29.3 Å². The van der Waals surface area contributed by atoms with E-state index in [4.69, 9.17) is 9.84 Å². The number of ether oxygens (including phenoxy) is 1. The Morgan fingerprint density at radius 1 is 1.05 bits per heavy atom. The highest BCUT2D eigenvalue weighted by atomic mass is 16.5. The molecule has 0 spiro atoms. The molecule has 0 bridgehead atoms. The van der Waals surface area contributed by atoms with Crippen LogP contribution >= 0.6 is 0 Å². The number of aliphatic carboxylic acids is 1. The van der Waals surface area contributed by atoms with Crippen LogP contribution in [0.15, 0.2) is 71.4 Å². The van der Waals surface area contributed by atoms with Crippen molar-refractivity contribution >= 4 is 17.7 Å². The van der Waals surface area contributed by atoms with E-state index in [1.165, 1.54) is 6.08 Å². The maximum Gasteiger partial charge on any atom is 0.331 e. The zero-order chi connectivity index (χ0) is 29.0. The molecule has 6 nitrogen and oxygen atoms in total. The summed E-state index contributed by atoms with van der Waals surface area (Å²) in [6, 6.07) is 0. The molecule has 1 aliphatic rings. The van der Waals surface area contributed by atoms with Gasteiger partial charge in [0.2, 0.25) is 0 Å². The Bertz CT molecular complexity index is 1010. The van der Waals surface area contributed by atoms with E-state index in [2.05, 4.69) is 19.1 Å². The summed E-state index contributed by atoms with van der Waals surface area (Å²) in [4.78, 5) is 35.2. The normalized spacial score (nSPS) is 23.3. The smallest absolute Gasteiger partial charge is 0.331 e. The number of carbonyl (C=O) groups is 3. The van der Waals surface area contributed by atoms with Crippen molar-refractivity contribution in [3.63, 3.8) is 0 Å². The van der Waals surface area contributed by atoms with Gasteiger partial charge < -0.3 is 14.9 Å². The summed E-state index contributed by atoms with van der Waals surface area (Å²) in [7, 11) is 0. The van der Waals surface area contributed by atoms with Gasteiger partial charge >= 0.3 is 11.9 Å². The Kier molecular flexibility index (Phi) is 14.0. The van der Waals surface area contributed by atoms with Crippen molar-refractivity contribution in [1.29, 1.82) is 0 Å². The minimum atomic E-state index is -1.01. The summed E-state index contributed by atoms with van der Waals surface area (Å²) in [6.07, 6.45) is 16.8. The van der Waals surface area contributed by atoms with Crippen LogP contribution in [-0.2, 0) is 19.1 Å². The topological polar surface area (TPSA) is 101 Å². The molecule has 0 fully saturated rings. The first-order chi connectivity index (χ1) is 17.7. The van der Waals surface area contributed by atoms with Gasteiger partial charge in [-0.2, -0.15) is 0 Å². The second-order valence-corrected chi connectivity index (χ2v) is 10.9. The first kappa shape index (κ1) is 33.0. The molecule has 1 heterocycles. The second-order valence-electron chi connectivity index (χ2n) is 10.9. The quantitative estimate of drug-likeness (QED) is 0.154. The summed E-state index contributed by atoms with van der Waals surface area (Å²) in [5, 5.41) is 19.5. The summed E-state index contributed by atoms with van der Waals surface area (Å²) in [5.74, 6) is -2.02. The molecule has 0 saturated heterocycles. The molecule has 0 aromatic carbocycles. The molecule has 0 aromatic rings. The predicted octanol–water partition coefficient (Wildman–Crippen LogP) is 6.39. The number of aliphatic hydroxyl groups is 1. The fourth-order valence-electron chi connectivity index (χ4n) is 4.63. The number of rotatable bonds is 14. The third-order valence-electron chi connectivity index (χ3n) is 6.81. The van der Waals surface area contributed by atoms with Crippen LogP contribution in [0, 0.1) is 29.6 Å². The van der Waals surface area contributed by atoms with Gasteiger partial charge in [0.25, 0.3) is 0 Å². The van der Waals surface area contributed by atoms with Crippen LogP contribution in [0.3, 0.4) is 0 Å². The number of esters is 1. The van der Waals surface area contributed by atoms with Crippen LogP contribution in [0.1, 0.15) is 68.2 Å². The number of allylic oxidation sites excluding steroid dienone is 8. The molecule has 0 aliphatic carbocycles. The van der Waals surface area contributed by atoms with Crippen molar-refractivity contribution in [2.24, 2.45) is 29.6 Å². The number of ketones is 1. The number of hydrogen-bond donors (Lipinski definition) is 2. The van der Waals surface area contributed by atoms with Gasteiger partial charge in [-0.05, 0) is 51.5 Å². The molecular formula is C32H46O6. The van der Waals surface area contributed by atoms with Crippen LogP contribution in [0.25, 0.3) is 0 Å². The molecule has 0 aromatic heterocycles. The van der Waals surface area contributed by atoms with E-state index in [0.29, 0.717) is 17.9 Å². The average molecular weight is 527 g/mol. The van der Waals surface area contributed by atoms with Crippen molar-refractivity contribution in [1.82, 2.24) is 0 Å². The fourth-order valence-corrected chi connectivity index (χ4v) is 4.63. The lowest BCUT2D eigenvalue weighted by Crippen LogP contribution is -2.34. The lowest BCUT2D eigenvalue weighted by atomic mass is 9.83. The summed E-state index contributed by atoms with van der Waals surface area (Å²) < 4.78 is 5.34. The van der Waals surface area contributed by atoms with Gasteiger partial charge in [-0.1, -0.05) is 87.8 Å². The Morgan fingerprint density at radius 2 is 1.68 bits per heavy atom. The summed E-state index contributed by atoms with van der Waals surface area (Å²) >= 11 is 0. The maximum absolute atomic E-state index is 12.9. The van der Waals surface area contributed by atoms with E-state index in [1.54, 1.807) is 13.8 Å². The number of Topliss-reactive ketones (excluding diaryl/α,β-unsaturated/α-hetero) is 1. The van der Waals surface area contributed by atoms with Gasteiger partial charge in [-0.25, -0.2) is 9.59 Å². The molecule has 0 saturated carbocycles. The lowest BCUT2D eigenvalue weighted by molar-refractivity contribution is -0.143. The van der Waals surface area contributed by atoms with Crippen molar-refractivity contribution in [3.8, 4) is 0 Å². The zero-order valence-corrected chi connectivity index (χ0v) is 24.2. The maximum atomic E-state index is 12.9. The Balaban J connectivity index is 2.63. The third-order valence-corrected chi connectivity index (χ3v) is 6.81. The van der Waals surface area contributed by atoms with Crippen LogP contribution in [0.2, 0.25) is 0 Å². The molecule has 1 aliphatic heterocycles. The van der Waals surface area contributed by atoms with Crippen LogP contribution in [-0.4, -0.2) is 40.1 Å². The Morgan fingerprint density at radius 3 is 2.32 bits per heavy atom. The van der Waals surface area contributed by atoms with E-state index in [0.717, 1.165) is 23.6 Å². The number of hydrogen-bond acceptors (Lipinski definition) is 5. The van der Waals surface area contributed by atoms with Crippen molar-refractivity contribution in [2.75, 3.05) is 0 Å². The second kappa shape index (κ2) is 16.1. The van der Waals surface area contributed by atoms with Crippen molar-refractivity contribution in [2.45, 2.75) is 80.4 Å². The fraction of sp³-hybridized carbons (Fsp3) is 0.531. The summed E-state index contributed by atoms with van der Waals surface area (Å²) in [6.45, 7) is 15.3. The monoisotopic (exact) mass is 526 g/mol. The van der Waals surface area contributed by atoms with Crippen LogP contribution < -0.4 is 0 Å². The van der Waals surface area contributed by atoms with E-state index in [-0.39, 0.29) is 35.6 Å². The number of cyclic esters (lactones) is 1. The van der Waals surface area contributed by atoms with E-state index in [9.17, 15) is 19.5 Å². The van der Waals surface area contributed by atoms with Gasteiger partial charge in [0, 0.05) is 29.9 Å². The molecule has 0 radical (unpaired) electrons. The first-order valence-corrected chi connectivity index (χ1v) is 13.4. The molecule has 1 rings (SSSR count). The molecule has 210 valence electrons.